The Morgan fingerprint density at radius 3 is 2.38 bits per heavy atom. The summed E-state index contributed by atoms with van der Waals surface area (Å²) in [6, 6.07) is 3.18. The van der Waals surface area contributed by atoms with Gasteiger partial charge in [-0.15, -0.1) is 0 Å². The summed E-state index contributed by atoms with van der Waals surface area (Å²) < 4.78 is 10.0. The van der Waals surface area contributed by atoms with Crippen LogP contribution >= 0.6 is 34.8 Å². The highest BCUT2D eigenvalue weighted by molar-refractivity contribution is 6.47. The van der Waals surface area contributed by atoms with Crippen LogP contribution in [0, 0.1) is 0 Å². The molecule has 2 aromatic rings. The smallest absolute Gasteiger partial charge is 0.321 e. The maximum Gasteiger partial charge on any atom is 0.321 e. The first kappa shape index (κ1) is 15.8. The SMILES string of the molecule is COc1cc(Nc2c(Cl)cc(N)c(Cl)c2Cl)nc(OC)n1. The van der Waals surface area contributed by atoms with Crippen molar-refractivity contribution in [2.45, 2.75) is 0 Å². The van der Waals surface area contributed by atoms with Gasteiger partial charge in [-0.25, -0.2) is 0 Å². The second kappa shape index (κ2) is 6.43. The molecular weight excluding hydrogens is 339 g/mol. The number of nitrogens with one attached hydrogen (secondary N) is 1. The maximum atomic E-state index is 6.14. The van der Waals surface area contributed by atoms with Gasteiger partial charge in [0.25, 0.3) is 0 Å². The van der Waals surface area contributed by atoms with Crippen molar-refractivity contribution >= 4 is 52.0 Å². The summed E-state index contributed by atoms with van der Waals surface area (Å²) in [6.45, 7) is 0. The third-order valence-electron chi connectivity index (χ3n) is 2.51. The van der Waals surface area contributed by atoms with Crippen LogP contribution in [-0.4, -0.2) is 24.2 Å². The highest BCUT2D eigenvalue weighted by atomic mass is 35.5. The van der Waals surface area contributed by atoms with Crippen molar-refractivity contribution in [1.82, 2.24) is 9.97 Å². The van der Waals surface area contributed by atoms with E-state index in [1.54, 1.807) is 6.07 Å². The minimum absolute atomic E-state index is 0.130. The van der Waals surface area contributed by atoms with Crippen LogP contribution in [0.2, 0.25) is 15.1 Å². The van der Waals surface area contributed by atoms with E-state index in [4.69, 9.17) is 50.0 Å². The molecule has 0 spiro atoms. The van der Waals surface area contributed by atoms with Crippen molar-refractivity contribution in [3.63, 3.8) is 0 Å². The molecule has 0 radical (unpaired) electrons. The molecule has 9 heteroatoms. The fourth-order valence-electron chi connectivity index (χ4n) is 1.52. The molecule has 0 atom stereocenters. The van der Waals surface area contributed by atoms with E-state index in [1.165, 1.54) is 20.3 Å². The van der Waals surface area contributed by atoms with Gasteiger partial charge in [-0.2, -0.15) is 9.97 Å². The topological polar surface area (TPSA) is 82.3 Å². The van der Waals surface area contributed by atoms with E-state index in [9.17, 15) is 0 Å². The molecular formula is C12H11Cl3N4O2. The summed E-state index contributed by atoms with van der Waals surface area (Å²) in [5, 5.41) is 3.65. The van der Waals surface area contributed by atoms with Crippen LogP contribution in [0.1, 0.15) is 0 Å². The first-order valence-corrected chi connectivity index (χ1v) is 6.76. The average molecular weight is 350 g/mol. The second-order valence-corrected chi connectivity index (χ2v) is 5.02. The van der Waals surface area contributed by atoms with Gasteiger partial charge >= 0.3 is 6.01 Å². The number of benzene rings is 1. The predicted octanol–water partition coefficient (Wildman–Crippen LogP) is 3.78. The van der Waals surface area contributed by atoms with Crippen molar-refractivity contribution < 1.29 is 9.47 Å². The van der Waals surface area contributed by atoms with Crippen LogP contribution in [-0.2, 0) is 0 Å². The van der Waals surface area contributed by atoms with Gasteiger partial charge in [-0.3, -0.25) is 0 Å². The number of nitrogens with zero attached hydrogens (tertiary/aromatic N) is 2. The largest absolute Gasteiger partial charge is 0.481 e. The molecule has 6 nitrogen and oxygen atoms in total. The fraction of sp³-hybridized carbons (Fsp3) is 0.167. The molecule has 0 bridgehead atoms. The summed E-state index contributed by atoms with van der Waals surface area (Å²) in [7, 11) is 2.92. The number of hydrogen-bond donors (Lipinski definition) is 2. The van der Waals surface area contributed by atoms with E-state index in [0.29, 0.717) is 22.4 Å². The lowest BCUT2D eigenvalue weighted by Gasteiger charge is -2.13. The Balaban J connectivity index is 2.45. The van der Waals surface area contributed by atoms with Crippen LogP contribution in [0.25, 0.3) is 0 Å². The Kier molecular flexibility index (Phi) is 4.82. The van der Waals surface area contributed by atoms with Gasteiger partial charge in [0.1, 0.15) is 5.82 Å². The number of hydrogen-bond acceptors (Lipinski definition) is 6. The van der Waals surface area contributed by atoms with Gasteiger partial charge in [-0.05, 0) is 6.07 Å². The summed E-state index contributed by atoms with van der Waals surface area (Å²) in [5.41, 5.74) is 6.34. The van der Waals surface area contributed by atoms with E-state index in [0.717, 1.165) is 0 Å². The van der Waals surface area contributed by atoms with E-state index >= 15 is 0 Å². The number of aromatic nitrogens is 2. The summed E-state index contributed by atoms with van der Waals surface area (Å²) in [6.07, 6.45) is 0. The van der Waals surface area contributed by atoms with Gasteiger partial charge in [0.05, 0.1) is 40.7 Å². The molecule has 112 valence electrons. The van der Waals surface area contributed by atoms with Crippen molar-refractivity contribution in [3.8, 4) is 11.9 Å². The van der Waals surface area contributed by atoms with Gasteiger partial charge < -0.3 is 20.5 Å². The molecule has 0 amide bonds. The lowest BCUT2D eigenvalue weighted by atomic mass is 10.2. The zero-order valence-electron chi connectivity index (χ0n) is 11.1. The Bertz CT molecular complexity index is 660. The number of anilines is 3. The van der Waals surface area contributed by atoms with Crippen LogP contribution in [0.3, 0.4) is 0 Å². The number of methoxy groups -OCH3 is 2. The average Bonchev–Trinajstić information content (AvgIpc) is 2.49. The molecule has 0 saturated heterocycles. The lowest BCUT2D eigenvalue weighted by Crippen LogP contribution is -2.01. The number of halogens is 3. The number of ether oxygens (including phenoxy) is 2. The Hall–Kier alpha value is -1.63. The molecule has 0 aliphatic carbocycles. The van der Waals surface area contributed by atoms with Crippen LogP contribution in [0.4, 0.5) is 17.2 Å². The molecule has 3 N–H and O–H groups in total. The highest BCUT2D eigenvalue weighted by Crippen LogP contribution is 2.41. The third-order valence-corrected chi connectivity index (χ3v) is 3.69. The van der Waals surface area contributed by atoms with E-state index in [2.05, 4.69) is 15.3 Å². The molecule has 21 heavy (non-hydrogen) atoms. The predicted molar refractivity (Wildman–Crippen MR) is 84.3 cm³/mol. The van der Waals surface area contributed by atoms with Crippen molar-refractivity contribution in [3.05, 3.63) is 27.2 Å². The number of nitrogen functional groups attached to an aromatic ring is 1. The Morgan fingerprint density at radius 2 is 1.76 bits per heavy atom. The zero-order chi connectivity index (χ0) is 15.6. The minimum atomic E-state index is 0.130. The molecule has 0 aliphatic heterocycles. The maximum absolute atomic E-state index is 6.14. The third kappa shape index (κ3) is 3.34. The molecule has 0 saturated carbocycles. The van der Waals surface area contributed by atoms with Crippen molar-refractivity contribution in [1.29, 1.82) is 0 Å². The summed E-state index contributed by atoms with van der Waals surface area (Å²) >= 11 is 18.2. The van der Waals surface area contributed by atoms with Crippen LogP contribution in [0.15, 0.2) is 12.1 Å². The minimum Gasteiger partial charge on any atom is -0.481 e. The normalized spacial score (nSPS) is 10.3. The number of rotatable bonds is 4. The second-order valence-electron chi connectivity index (χ2n) is 3.86. The first-order valence-electron chi connectivity index (χ1n) is 5.63. The highest BCUT2D eigenvalue weighted by Gasteiger charge is 2.15. The molecule has 1 heterocycles. The van der Waals surface area contributed by atoms with E-state index in [-0.39, 0.29) is 21.7 Å². The van der Waals surface area contributed by atoms with Gasteiger partial charge in [-0.1, -0.05) is 34.8 Å². The monoisotopic (exact) mass is 348 g/mol. The first-order chi connectivity index (χ1) is 9.96. The molecule has 1 aromatic heterocycles. The molecule has 2 rings (SSSR count). The molecule has 0 aliphatic rings. The quantitative estimate of drug-likeness (QED) is 0.645. The molecule has 0 unspecified atom stereocenters. The van der Waals surface area contributed by atoms with Crippen LogP contribution in [0.5, 0.6) is 11.9 Å². The summed E-state index contributed by atoms with van der Waals surface area (Å²) in [5.74, 6) is 0.696. The van der Waals surface area contributed by atoms with E-state index < -0.39 is 0 Å². The Labute approximate surface area is 136 Å². The van der Waals surface area contributed by atoms with Crippen molar-refractivity contribution in [2.24, 2.45) is 0 Å². The molecule has 0 fully saturated rings. The fourth-order valence-corrected chi connectivity index (χ4v) is 2.23. The zero-order valence-corrected chi connectivity index (χ0v) is 13.3. The Morgan fingerprint density at radius 1 is 1.05 bits per heavy atom. The lowest BCUT2D eigenvalue weighted by molar-refractivity contribution is 0.353. The van der Waals surface area contributed by atoms with Crippen molar-refractivity contribution in [2.75, 3.05) is 25.3 Å². The standard InChI is InChI=1S/C12H11Cl3N4O2/c1-20-8-4-7(18-12(19-8)21-2)17-11-5(13)3-6(16)9(14)10(11)15/h3-4H,16H2,1-2H3,(H,17,18,19). The number of nitrogens with two attached hydrogens (primary N) is 1. The molecule has 1 aromatic carbocycles. The van der Waals surface area contributed by atoms with Gasteiger partial charge in [0.2, 0.25) is 5.88 Å². The van der Waals surface area contributed by atoms with E-state index in [1.807, 2.05) is 0 Å². The van der Waals surface area contributed by atoms with Crippen LogP contribution < -0.4 is 20.5 Å². The van der Waals surface area contributed by atoms with Gasteiger partial charge in [0, 0.05) is 6.07 Å². The van der Waals surface area contributed by atoms with Gasteiger partial charge in [0.15, 0.2) is 0 Å². The summed E-state index contributed by atoms with van der Waals surface area (Å²) in [4.78, 5) is 8.09.